The van der Waals surface area contributed by atoms with Crippen LogP contribution in [0.2, 0.25) is 0 Å². The summed E-state index contributed by atoms with van der Waals surface area (Å²) >= 11 is 3.00. The normalized spacial score (nSPS) is 10.0. The van der Waals surface area contributed by atoms with E-state index in [1.807, 2.05) is 0 Å². The van der Waals surface area contributed by atoms with E-state index in [0.717, 1.165) is 12.1 Å². The number of hydrogen-bond acceptors (Lipinski definition) is 4. The molecule has 0 radical (unpaired) electrons. The molecule has 0 fully saturated rings. The summed E-state index contributed by atoms with van der Waals surface area (Å²) < 4.78 is 26.8. The molecule has 8 heteroatoms. The Balaban J connectivity index is 2.44. The predicted octanol–water partition coefficient (Wildman–Crippen LogP) is 4.25. The van der Waals surface area contributed by atoms with E-state index >= 15 is 0 Å². The van der Waals surface area contributed by atoms with E-state index in [1.54, 1.807) is 6.07 Å². The lowest BCUT2D eigenvalue weighted by Crippen LogP contribution is -1.98. The first-order chi connectivity index (χ1) is 9.92. The van der Waals surface area contributed by atoms with E-state index in [2.05, 4.69) is 21.2 Å². The number of nitrogens with zero attached hydrogens (tertiary/aromatic N) is 2. The summed E-state index contributed by atoms with van der Waals surface area (Å²) in [6.45, 7) is 0. The molecule has 0 saturated heterocycles. The molecule has 2 rings (SSSR count). The maximum absolute atomic E-state index is 13.7. The molecule has 2 aromatic rings. The minimum atomic E-state index is -0.853. The SMILES string of the molecule is N#Cc1ccc(Nc2c(F)cc(F)cc2Br)cc1[N+](=O)[O-]. The second-order valence-corrected chi connectivity index (χ2v) is 4.82. The number of nitriles is 1. The predicted molar refractivity (Wildman–Crippen MR) is 75.2 cm³/mol. The van der Waals surface area contributed by atoms with Crippen molar-refractivity contribution >= 4 is 33.0 Å². The molecule has 0 aliphatic rings. The zero-order valence-corrected chi connectivity index (χ0v) is 11.8. The lowest BCUT2D eigenvalue weighted by Gasteiger charge is -2.10. The lowest BCUT2D eigenvalue weighted by molar-refractivity contribution is -0.385. The van der Waals surface area contributed by atoms with Gasteiger partial charge in [-0.05, 0) is 34.1 Å². The highest BCUT2D eigenvalue weighted by Crippen LogP contribution is 2.31. The van der Waals surface area contributed by atoms with Crippen LogP contribution in [0.1, 0.15) is 5.56 Å². The number of nitro benzene ring substituents is 1. The number of benzene rings is 2. The van der Waals surface area contributed by atoms with Gasteiger partial charge in [0.1, 0.15) is 17.4 Å². The fraction of sp³-hybridized carbons (Fsp3) is 0. The second kappa shape index (κ2) is 5.85. The molecule has 1 N–H and O–H groups in total. The van der Waals surface area contributed by atoms with Crippen molar-refractivity contribution in [2.45, 2.75) is 0 Å². The number of halogens is 3. The van der Waals surface area contributed by atoms with E-state index in [-0.39, 0.29) is 21.4 Å². The molecule has 0 bridgehead atoms. The number of hydrogen-bond donors (Lipinski definition) is 1. The fourth-order valence-corrected chi connectivity index (χ4v) is 2.17. The van der Waals surface area contributed by atoms with Crippen molar-refractivity contribution < 1.29 is 13.7 Å². The molecule has 0 amide bonds. The zero-order valence-electron chi connectivity index (χ0n) is 10.2. The summed E-state index contributed by atoms with van der Waals surface area (Å²) in [5.41, 5.74) is -0.368. The van der Waals surface area contributed by atoms with Gasteiger partial charge < -0.3 is 5.32 Å². The van der Waals surface area contributed by atoms with Crippen molar-refractivity contribution in [2.24, 2.45) is 0 Å². The molecule has 0 unspecified atom stereocenters. The molecule has 0 aliphatic carbocycles. The Kier molecular flexibility index (Phi) is 4.14. The van der Waals surface area contributed by atoms with Crippen molar-refractivity contribution in [2.75, 3.05) is 5.32 Å². The van der Waals surface area contributed by atoms with Crippen LogP contribution in [-0.4, -0.2) is 4.92 Å². The monoisotopic (exact) mass is 353 g/mol. The maximum atomic E-state index is 13.7. The Morgan fingerprint density at radius 1 is 1.29 bits per heavy atom. The third kappa shape index (κ3) is 3.14. The number of anilines is 2. The molecule has 0 saturated carbocycles. The molecule has 106 valence electrons. The molecule has 0 aliphatic heterocycles. The van der Waals surface area contributed by atoms with Gasteiger partial charge in [-0.25, -0.2) is 8.78 Å². The van der Waals surface area contributed by atoms with E-state index in [9.17, 15) is 18.9 Å². The average molecular weight is 354 g/mol. The van der Waals surface area contributed by atoms with Gasteiger partial charge in [0.15, 0.2) is 5.82 Å². The molecular weight excluding hydrogens is 348 g/mol. The summed E-state index contributed by atoms with van der Waals surface area (Å²) in [6, 6.07) is 7.18. The highest BCUT2D eigenvalue weighted by Gasteiger charge is 2.16. The smallest absolute Gasteiger partial charge is 0.289 e. The van der Waals surface area contributed by atoms with Gasteiger partial charge in [-0.15, -0.1) is 0 Å². The first-order valence-corrected chi connectivity index (χ1v) is 6.32. The van der Waals surface area contributed by atoms with Crippen LogP contribution in [0.25, 0.3) is 0 Å². The number of rotatable bonds is 3. The highest BCUT2D eigenvalue weighted by molar-refractivity contribution is 9.10. The van der Waals surface area contributed by atoms with Gasteiger partial charge in [0.2, 0.25) is 0 Å². The summed E-state index contributed by atoms with van der Waals surface area (Å²) in [4.78, 5) is 10.1. The van der Waals surface area contributed by atoms with Gasteiger partial charge in [0.05, 0.1) is 10.6 Å². The maximum Gasteiger partial charge on any atom is 0.289 e. The Bertz CT molecular complexity index is 751. The Morgan fingerprint density at radius 3 is 2.57 bits per heavy atom. The van der Waals surface area contributed by atoms with Crippen molar-refractivity contribution in [1.82, 2.24) is 0 Å². The minimum absolute atomic E-state index is 0.0598. The first kappa shape index (κ1) is 14.9. The summed E-state index contributed by atoms with van der Waals surface area (Å²) in [5.74, 6) is -1.61. The number of nitro groups is 1. The van der Waals surface area contributed by atoms with Gasteiger partial charge in [-0.2, -0.15) is 5.26 Å². The molecule has 0 heterocycles. The fourth-order valence-electron chi connectivity index (χ4n) is 1.66. The van der Waals surface area contributed by atoms with Gasteiger partial charge >= 0.3 is 0 Å². The van der Waals surface area contributed by atoms with E-state index < -0.39 is 22.2 Å². The Labute approximate surface area is 126 Å². The van der Waals surface area contributed by atoms with Crippen LogP contribution in [0.3, 0.4) is 0 Å². The highest BCUT2D eigenvalue weighted by atomic mass is 79.9. The largest absolute Gasteiger partial charge is 0.352 e. The van der Waals surface area contributed by atoms with Crippen molar-refractivity contribution in [3.05, 3.63) is 62.1 Å². The van der Waals surface area contributed by atoms with E-state index in [1.165, 1.54) is 12.1 Å². The van der Waals surface area contributed by atoms with Crippen LogP contribution in [0, 0.1) is 33.1 Å². The third-order valence-corrected chi connectivity index (χ3v) is 3.22. The van der Waals surface area contributed by atoms with Gasteiger partial charge in [-0.3, -0.25) is 10.1 Å². The topological polar surface area (TPSA) is 79.0 Å². The van der Waals surface area contributed by atoms with Crippen LogP contribution in [0.15, 0.2) is 34.8 Å². The molecule has 5 nitrogen and oxygen atoms in total. The average Bonchev–Trinajstić information content (AvgIpc) is 2.42. The van der Waals surface area contributed by atoms with Crippen LogP contribution < -0.4 is 5.32 Å². The van der Waals surface area contributed by atoms with Crippen LogP contribution >= 0.6 is 15.9 Å². The summed E-state index contributed by atoms with van der Waals surface area (Å²) in [5, 5.41) is 22.3. The Morgan fingerprint density at radius 2 is 2.00 bits per heavy atom. The van der Waals surface area contributed by atoms with E-state index in [0.29, 0.717) is 6.07 Å². The number of nitrogens with one attached hydrogen (secondary N) is 1. The van der Waals surface area contributed by atoms with Gasteiger partial charge in [0.25, 0.3) is 5.69 Å². The van der Waals surface area contributed by atoms with E-state index in [4.69, 9.17) is 5.26 Å². The molecule has 0 spiro atoms. The molecule has 0 atom stereocenters. The van der Waals surface area contributed by atoms with Gasteiger partial charge in [-0.1, -0.05) is 0 Å². The lowest BCUT2D eigenvalue weighted by atomic mass is 10.1. The molecule has 0 aromatic heterocycles. The van der Waals surface area contributed by atoms with Crippen LogP contribution in [-0.2, 0) is 0 Å². The first-order valence-electron chi connectivity index (χ1n) is 5.52. The molecule has 21 heavy (non-hydrogen) atoms. The van der Waals surface area contributed by atoms with Gasteiger partial charge in [0, 0.05) is 22.3 Å². The molecule has 2 aromatic carbocycles. The standard InChI is InChI=1S/C13H6BrF2N3O2/c14-10-3-8(15)4-11(16)13(10)18-9-2-1-7(6-17)12(5-9)19(20)21/h1-5,18H. The summed E-state index contributed by atoms with van der Waals surface area (Å²) in [7, 11) is 0. The third-order valence-electron chi connectivity index (χ3n) is 2.59. The molecular formula is C13H6BrF2N3O2. The van der Waals surface area contributed by atoms with Crippen LogP contribution in [0.4, 0.5) is 25.8 Å². The van der Waals surface area contributed by atoms with Crippen molar-refractivity contribution in [3.63, 3.8) is 0 Å². The zero-order chi connectivity index (χ0) is 15.6. The second-order valence-electron chi connectivity index (χ2n) is 3.97. The van der Waals surface area contributed by atoms with Crippen molar-refractivity contribution in [1.29, 1.82) is 5.26 Å². The Hall–Kier alpha value is -2.53. The summed E-state index contributed by atoms with van der Waals surface area (Å²) in [6.07, 6.45) is 0. The quantitative estimate of drug-likeness (QED) is 0.660. The minimum Gasteiger partial charge on any atom is -0.352 e. The van der Waals surface area contributed by atoms with Crippen molar-refractivity contribution in [3.8, 4) is 6.07 Å². The van der Waals surface area contributed by atoms with Crippen LogP contribution in [0.5, 0.6) is 0 Å².